The van der Waals surface area contributed by atoms with Gasteiger partial charge in [-0.1, -0.05) is 11.6 Å². The molecular formula is C11H15ClFNO. The van der Waals surface area contributed by atoms with Crippen molar-refractivity contribution >= 4 is 11.6 Å². The highest BCUT2D eigenvalue weighted by Gasteiger charge is 2.18. The summed E-state index contributed by atoms with van der Waals surface area (Å²) in [6.07, 6.45) is 0. The van der Waals surface area contributed by atoms with Gasteiger partial charge in [-0.15, -0.1) is 0 Å². The van der Waals surface area contributed by atoms with E-state index in [4.69, 9.17) is 22.1 Å². The van der Waals surface area contributed by atoms with Crippen LogP contribution in [0, 0.1) is 5.82 Å². The first kappa shape index (κ1) is 12.4. The SMILES string of the molecule is COCc1c(F)cc(C(C)(C)N)cc1Cl. The molecule has 0 aliphatic carbocycles. The lowest BCUT2D eigenvalue weighted by atomic mass is 9.94. The predicted molar refractivity (Wildman–Crippen MR) is 59.3 cm³/mol. The minimum atomic E-state index is -0.601. The summed E-state index contributed by atoms with van der Waals surface area (Å²) >= 11 is 5.94. The Morgan fingerprint density at radius 1 is 1.47 bits per heavy atom. The zero-order valence-electron chi connectivity index (χ0n) is 9.10. The van der Waals surface area contributed by atoms with Crippen LogP contribution in [0.4, 0.5) is 4.39 Å². The average molecular weight is 232 g/mol. The first-order chi connectivity index (χ1) is 6.86. The summed E-state index contributed by atoms with van der Waals surface area (Å²) in [7, 11) is 1.50. The first-order valence-corrected chi connectivity index (χ1v) is 5.00. The van der Waals surface area contributed by atoms with Gasteiger partial charge in [0.05, 0.1) is 6.61 Å². The number of hydrogen-bond donors (Lipinski definition) is 1. The first-order valence-electron chi connectivity index (χ1n) is 4.62. The van der Waals surface area contributed by atoms with Crippen molar-refractivity contribution in [1.82, 2.24) is 0 Å². The summed E-state index contributed by atoms with van der Waals surface area (Å²) < 4.78 is 18.5. The van der Waals surface area contributed by atoms with Gasteiger partial charge < -0.3 is 10.5 Å². The fourth-order valence-electron chi connectivity index (χ4n) is 1.26. The molecule has 0 spiro atoms. The van der Waals surface area contributed by atoms with E-state index in [0.29, 0.717) is 16.1 Å². The van der Waals surface area contributed by atoms with Gasteiger partial charge in [0.2, 0.25) is 0 Å². The lowest BCUT2D eigenvalue weighted by Gasteiger charge is -2.20. The molecule has 2 nitrogen and oxygen atoms in total. The summed E-state index contributed by atoms with van der Waals surface area (Å²) in [4.78, 5) is 0. The summed E-state index contributed by atoms with van der Waals surface area (Å²) in [5.41, 5.74) is 6.30. The lowest BCUT2D eigenvalue weighted by Crippen LogP contribution is -2.28. The van der Waals surface area contributed by atoms with Crippen LogP contribution in [0.25, 0.3) is 0 Å². The van der Waals surface area contributed by atoms with Crippen molar-refractivity contribution in [3.63, 3.8) is 0 Å². The van der Waals surface area contributed by atoms with Crippen LogP contribution in [0.5, 0.6) is 0 Å². The number of rotatable bonds is 3. The van der Waals surface area contributed by atoms with Gasteiger partial charge >= 0.3 is 0 Å². The second-order valence-electron chi connectivity index (χ2n) is 4.07. The van der Waals surface area contributed by atoms with E-state index in [1.165, 1.54) is 13.2 Å². The fraction of sp³-hybridized carbons (Fsp3) is 0.455. The predicted octanol–water partition coefficient (Wildman–Crippen LogP) is 2.82. The lowest BCUT2D eigenvalue weighted by molar-refractivity contribution is 0.181. The minimum absolute atomic E-state index is 0.163. The fourth-order valence-corrected chi connectivity index (χ4v) is 1.52. The van der Waals surface area contributed by atoms with E-state index in [1.54, 1.807) is 19.9 Å². The third-order valence-corrected chi connectivity index (χ3v) is 2.51. The molecule has 0 saturated heterocycles. The zero-order valence-corrected chi connectivity index (χ0v) is 9.86. The monoisotopic (exact) mass is 231 g/mol. The molecule has 0 bridgehead atoms. The Balaban J connectivity index is 3.19. The number of halogens is 2. The van der Waals surface area contributed by atoms with Gasteiger partial charge in [0.25, 0.3) is 0 Å². The Kier molecular flexibility index (Phi) is 3.71. The molecule has 84 valence electrons. The molecular weight excluding hydrogens is 217 g/mol. The number of hydrogen-bond acceptors (Lipinski definition) is 2. The summed E-state index contributed by atoms with van der Waals surface area (Å²) in [6.45, 7) is 3.76. The third kappa shape index (κ3) is 2.91. The van der Waals surface area contributed by atoms with Crippen molar-refractivity contribution < 1.29 is 9.13 Å². The quantitative estimate of drug-likeness (QED) is 0.868. The molecule has 2 N–H and O–H groups in total. The van der Waals surface area contributed by atoms with Crippen LogP contribution in [0.1, 0.15) is 25.0 Å². The van der Waals surface area contributed by atoms with Crippen molar-refractivity contribution in [2.45, 2.75) is 26.0 Å². The molecule has 0 saturated carbocycles. The molecule has 0 atom stereocenters. The van der Waals surface area contributed by atoms with E-state index in [9.17, 15) is 4.39 Å². The van der Waals surface area contributed by atoms with E-state index >= 15 is 0 Å². The van der Waals surface area contributed by atoms with E-state index in [2.05, 4.69) is 0 Å². The number of methoxy groups -OCH3 is 1. The maximum Gasteiger partial charge on any atom is 0.130 e. The Labute approximate surface area is 94.2 Å². The molecule has 0 aliphatic rings. The topological polar surface area (TPSA) is 35.2 Å². The maximum atomic E-state index is 13.6. The highest BCUT2D eigenvalue weighted by Crippen LogP contribution is 2.27. The van der Waals surface area contributed by atoms with Gasteiger partial charge in [-0.2, -0.15) is 0 Å². The zero-order chi connectivity index (χ0) is 11.6. The van der Waals surface area contributed by atoms with Crippen molar-refractivity contribution in [3.8, 4) is 0 Å². The normalized spacial score (nSPS) is 11.9. The Morgan fingerprint density at radius 2 is 2.07 bits per heavy atom. The number of benzene rings is 1. The van der Waals surface area contributed by atoms with Crippen molar-refractivity contribution in [3.05, 3.63) is 34.1 Å². The van der Waals surface area contributed by atoms with Crippen molar-refractivity contribution in [1.29, 1.82) is 0 Å². The molecule has 0 aliphatic heterocycles. The smallest absolute Gasteiger partial charge is 0.130 e. The molecule has 4 heteroatoms. The van der Waals surface area contributed by atoms with Gasteiger partial charge in [-0.3, -0.25) is 0 Å². The number of ether oxygens (including phenoxy) is 1. The van der Waals surface area contributed by atoms with E-state index in [1.807, 2.05) is 0 Å². The maximum absolute atomic E-state index is 13.6. The van der Waals surface area contributed by atoms with Crippen LogP contribution in [0.3, 0.4) is 0 Å². The Hall–Kier alpha value is -0.640. The molecule has 0 aromatic heterocycles. The highest BCUT2D eigenvalue weighted by atomic mass is 35.5. The van der Waals surface area contributed by atoms with Crippen molar-refractivity contribution in [2.24, 2.45) is 5.73 Å². The molecule has 0 unspecified atom stereocenters. The molecule has 0 radical (unpaired) electrons. The van der Waals surface area contributed by atoms with Gasteiger partial charge in [-0.25, -0.2) is 4.39 Å². The third-order valence-electron chi connectivity index (χ3n) is 2.17. The van der Waals surface area contributed by atoms with Crippen LogP contribution in [-0.4, -0.2) is 7.11 Å². The summed E-state index contributed by atoms with van der Waals surface area (Å²) in [6, 6.07) is 3.08. The standard InChI is InChI=1S/C11H15ClFNO/c1-11(2,14)7-4-9(12)8(6-15-3)10(13)5-7/h4-5H,6,14H2,1-3H3. The Bertz CT molecular complexity index is 337. The van der Waals surface area contributed by atoms with Crippen LogP contribution in [0.15, 0.2) is 12.1 Å². The van der Waals surface area contributed by atoms with Crippen LogP contribution >= 0.6 is 11.6 Å². The molecule has 0 amide bonds. The molecule has 1 rings (SSSR count). The second-order valence-corrected chi connectivity index (χ2v) is 4.48. The van der Waals surface area contributed by atoms with E-state index in [0.717, 1.165) is 0 Å². The van der Waals surface area contributed by atoms with E-state index < -0.39 is 5.54 Å². The van der Waals surface area contributed by atoms with Gasteiger partial charge in [0, 0.05) is 23.2 Å². The highest BCUT2D eigenvalue weighted by molar-refractivity contribution is 6.31. The Morgan fingerprint density at radius 3 is 2.47 bits per heavy atom. The molecule has 0 heterocycles. The molecule has 0 fully saturated rings. The molecule has 1 aromatic carbocycles. The van der Waals surface area contributed by atoms with Gasteiger partial charge in [-0.05, 0) is 31.5 Å². The van der Waals surface area contributed by atoms with Crippen LogP contribution < -0.4 is 5.73 Å². The largest absolute Gasteiger partial charge is 0.380 e. The summed E-state index contributed by atoms with van der Waals surface area (Å²) in [5, 5.41) is 0.352. The average Bonchev–Trinajstić information content (AvgIpc) is 2.09. The van der Waals surface area contributed by atoms with Gasteiger partial charge in [0.1, 0.15) is 5.82 Å². The number of nitrogens with two attached hydrogens (primary N) is 1. The van der Waals surface area contributed by atoms with Crippen molar-refractivity contribution in [2.75, 3.05) is 7.11 Å². The van der Waals surface area contributed by atoms with Gasteiger partial charge in [0.15, 0.2) is 0 Å². The molecule has 1 aromatic rings. The molecule has 15 heavy (non-hydrogen) atoms. The summed E-state index contributed by atoms with van der Waals surface area (Å²) in [5.74, 6) is -0.377. The van der Waals surface area contributed by atoms with Crippen LogP contribution in [0.2, 0.25) is 5.02 Å². The van der Waals surface area contributed by atoms with E-state index in [-0.39, 0.29) is 12.4 Å². The minimum Gasteiger partial charge on any atom is -0.380 e. The second kappa shape index (κ2) is 4.47. The van der Waals surface area contributed by atoms with Crippen LogP contribution in [-0.2, 0) is 16.9 Å².